The fourth-order valence-corrected chi connectivity index (χ4v) is 4.57. The van der Waals surface area contributed by atoms with Crippen LogP contribution in [0.2, 0.25) is 0 Å². The van der Waals surface area contributed by atoms with Gasteiger partial charge in [-0.3, -0.25) is 0 Å². The van der Waals surface area contributed by atoms with E-state index in [0.717, 1.165) is 44.3 Å². The van der Waals surface area contributed by atoms with Crippen LogP contribution in [0.15, 0.2) is 18.2 Å². The Hall–Kier alpha value is -2.03. The highest BCUT2D eigenvalue weighted by molar-refractivity contribution is 5.64. The highest BCUT2D eigenvalue weighted by Gasteiger charge is 2.28. The topological polar surface area (TPSA) is 100 Å². The van der Waals surface area contributed by atoms with Crippen molar-refractivity contribution in [2.75, 3.05) is 47.1 Å². The quantitative estimate of drug-likeness (QED) is 0.328. The van der Waals surface area contributed by atoms with Crippen molar-refractivity contribution >= 4 is 6.09 Å². The largest absolute Gasteiger partial charge is 0.493 e. The smallest absolute Gasteiger partial charge is 0.404 e. The number of hydrogen-bond donors (Lipinski definition) is 3. The zero-order valence-corrected chi connectivity index (χ0v) is 21.3. The van der Waals surface area contributed by atoms with Gasteiger partial charge in [0.05, 0.1) is 25.9 Å². The number of ether oxygens (including phenoxy) is 3. The summed E-state index contributed by atoms with van der Waals surface area (Å²) in [6.07, 6.45) is 3.75. The molecule has 194 valence electrons. The summed E-state index contributed by atoms with van der Waals surface area (Å²) in [5, 5.41) is 23.0. The van der Waals surface area contributed by atoms with Crippen LogP contribution in [0.4, 0.5) is 4.79 Å². The first-order valence-corrected chi connectivity index (χ1v) is 12.5. The summed E-state index contributed by atoms with van der Waals surface area (Å²) in [6.45, 7) is 7.88. The third-order valence-electron chi connectivity index (χ3n) is 6.64. The van der Waals surface area contributed by atoms with Gasteiger partial charge in [-0.05, 0) is 68.3 Å². The van der Waals surface area contributed by atoms with E-state index in [1.807, 2.05) is 18.2 Å². The van der Waals surface area contributed by atoms with E-state index in [9.17, 15) is 15.0 Å². The van der Waals surface area contributed by atoms with E-state index >= 15 is 0 Å². The van der Waals surface area contributed by atoms with Crippen LogP contribution in [0.3, 0.4) is 0 Å². The minimum absolute atomic E-state index is 0.183. The van der Waals surface area contributed by atoms with Crippen molar-refractivity contribution in [2.24, 2.45) is 11.8 Å². The van der Waals surface area contributed by atoms with Gasteiger partial charge in [0.15, 0.2) is 11.5 Å². The Balaban J connectivity index is 2.09. The molecule has 3 atom stereocenters. The molecule has 0 radical (unpaired) electrons. The Bertz CT molecular complexity index is 723. The van der Waals surface area contributed by atoms with Crippen LogP contribution >= 0.6 is 0 Å². The molecule has 0 aliphatic carbocycles. The van der Waals surface area contributed by atoms with Crippen LogP contribution in [0, 0.1) is 11.8 Å². The fourth-order valence-electron chi connectivity index (χ4n) is 4.57. The average molecular weight is 481 g/mol. The van der Waals surface area contributed by atoms with Crippen LogP contribution in [0.1, 0.15) is 51.5 Å². The molecule has 1 fully saturated rings. The van der Waals surface area contributed by atoms with Crippen molar-refractivity contribution in [3.8, 4) is 11.5 Å². The summed E-state index contributed by atoms with van der Waals surface area (Å²) >= 11 is 0. The standard InChI is InChI=1S/C26H44N2O6/c1-19(2)21(15-20-9-10-24(33-4)25(16-20)34-14-8-13-32-3)17-22(27-26(30)31)23(29)18-28-11-6-5-7-12-28/h9-10,16,19,21-23,27,29H,5-8,11-15,17-18H2,1-4H3,(H,30,31)/t21-,22-,23-/m0/s1. The number of aliphatic hydroxyl groups excluding tert-OH is 1. The van der Waals surface area contributed by atoms with E-state index in [2.05, 4.69) is 24.1 Å². The maximum atomic E-state index is 11.5. The molecular weight excluding hydrogens is 436 g/mol. The second-order valence-corrected chi connectivity index (χ2v) is 9.61. The number of nitrogens with zero attached hydrogens (tertiary/aromatic N) is 1. The zero-order valence-electron chi connectivity index (χ0n) is 21.3. The van der Waals surface area contributed by atoms with Crippen LogP contribution in [0.25, 0.3) is 0 Å². The van der Waals surface area contributed by atoms with Gasteiger partial charge in [0.1, 0.15) is 0 Å². The highest BCUT2D eigenvalue weighted by atomic mass is 16.5. The lowest BCUT2D eigenvalue weighted by Gasteiger charge is -2.34. The van der Waals surface area contributed by atoms with Crippen molar-refractivity contribution in [1.29, 1.82) is 0 Å². The Kier molecular flexibility index (Phi) is 12.5. The van der Waals surface area contributed by atoms with Crippen molar-refractivity contribution in [3.63, 3.8) is 0 Å². The van der Waals surface area contributed by atoms with E-state index in [-0.39, 0.29) is 5.92 Å². The van der Waals surface area contributed by atoms with Gasteiger partial charge < -0.3 is 34.6 Å². The highest BCUT2D eigenvalue weighted by Crippen LogP contribution is 2.31. The molecule has 2 rings (SSSR count). The molecule has 1 aromatic carbocycles. The van der Waals surface area contributed by atoms with Gasteiger partial charge in [-0.15, -0.1) is 0 Å². The molecule has 1 amide bonds. The monoisotopic (exact) mass is 480 g/mol. The number of aliphatic hydroxyl groups is 1. The number of benzene rings is 1. The predicted octanol–water partition coefficient (Wildman–Crippen LogP) is 3.80. The molecule has 1 heterocycles. The zero-order chi connectivity index (χ0) is 24.9. The number of β-amino-alcohol motifs (C(OH)–C–C–N with tert-alkyl or cyclic N) is 1. The molecule has 0 aromatic heterocycles. The third-order valence-corrected chi connectivity index (χ3v) is 6.64. The van der Waals surface area contributed by atoms with Crippen molar-refractivity contribution in [1.82, 2.24) is 10.2 Å². The maximum absolute atomic E-state index is 11.5. The first-order valence-electron chi connectivity index (χ1n) is 12.5. The molecular formula is C26H44N2O6. The predicted molar refractivity (Wildman–Crippen MR) is 133 cm³/mol. The molecule has 1 saturated heterocycles. The van der Waals surface area contributed by atoms with E-state index in [1.165, 1.54) is 6.42 Å². The first kappa shape index (κ1) is 28.2. The van der Waals surface area contributed by atoms with Crippen molar-refractivity contribution < 1.29 is 29.2 Å². The second kappa shape index (κ2) is 15.1. The Morgan fingerprint density at radius 2 is 1.85 bits per heavy atom. The van der Waals surface area contributed by atoms with Crippen molar-refractivity contribution in [3.05, 3.63) is 23.8 Å². The summed E-state index contributed by atoms with van der Waals surface area (Å²) < 4.78 is 16.5. The Labute approximate surface area is 204 Å². The lowest BCUT2D eigenvalue weighted by molar-refractivity contribution is 0.0596. The summed E-state index contributed by atoms with van der Waals surface area (Å²) in [5.41, 5.74) is 1.10. The molecule has 8 nitrogen and oxygen atoms in total. The van der Waals surface area contributed by atoms with E-state index in [4.69, 9.17) is 14.2 Å². The molecule has 34 heavy (non-hydrogen) atoms. The molecule has 0 bridgehead atoms. The molecule has 0 spiro atoms. The second-order valence-electron chi connectivity index (χ2n) is 9.61. The maximum Gasteiger partial charge on any atom is 0.404 e. The fraction of sp³-hybridized carbons (Fsp3) is 0.731. The number of methoxy groups -OCH3 is 2. The van der Waals surface area contributed by atoms with Crippen LogP contribution in [-0.2, 0) is 11.2 Å². The van der Waals surface area contributed by atoms with Gasteiger partial charge >= 0.3 is 6.09 Å². The molecule has 0 saturated carbocycles. The summed E-state index contributed by atoms with van der Waals surface area (Å²) in [5.74, 6) is 1.88. The third kappa shape index (κ3) is 9.68. The minimum Gasteiger partial charge on any atom is -0.493 e. The summed E-state index contributed by atoms with van der Waals surface area (Å²) in [6, 6.07) is 5.43. The van der Waals surface area contributed by atoms with Gasteiger partial charge in [-0.2, -0.15) is 0 Å². The number of carbonyl (C=O) groups is 1. The number of nitrogens with one attached hydrogen (secondary N) is 1. The van der Waals surface area contributed by atoms with Gasteiger partial charge in [0, 0.05) is 26.7 Å². The number of likely N-dealkylation sites (tertiary alicyclic amines) is 1. The lowest BCUT2D eigenvalue weighted by atomic mass is 9.83. The molecule has 3 N–H and O–H groups in total. The first-order chi connectivity index (χ1) is 16.3. The van der Waals surface area contributed by atoms with Gasteiger partial charge in [-0.1, -0.05) is 26.3 Å². The van der Waals surface area contributed by atoms with Crippen LogP contribution in [0.5, 0.6) is 11.5 Å². The number of piperidine rings is 1. The van der Waals surface area contributed by atoms with Crippen LogP contribution in [-0.4, -0.2) is 80.4 Å². The SMILES string of the molecule is COCCCOc1cc(C[C@@H](C[C@H](NC(=O)O)[C@@H](O)CN2CCCCC2)C(C)C)ccc1OC. The summed E-state index contributed by atoms with van der Waals surface area (Å²) in [7, 11) is 3.29. The van der Waals surface area contributed by atoms with Crippen molar-refractivity contribution in [2.45, 2.75) is 64.5 Å². The van der Waals surface area contributed by atoms with Gasteiger partial charge in [0.2, 0.25) is 0 Å². The molecule has 8 heteroatoms. The average Bonchev–Trinajstić information content (AvgIpc) is 2.81. The lowest BCUT2D eigenvalue weighted by Crippen LogP contribution is -2.50. The number of carboxylic acid groups (broad SMARTS) is 1. The summed E-state index contributed by atoms with van der Waals surface area (Å²) in [4.78, 5) is 13.7. The van der Waals surface area contributed by atoms with E-state index in [0.29, 0.717) is 43.6 Å². The Morgan fingerprint density at radius 1 is 1.12 bits per heavy atom. The number of amides is 1. The molecule has 1 aliphatic rings. The van der Waals surface area contributed by atoms with E-state index < -0.39 is 18.2 Å². The number of hydrogen-bond acceptors (Lipinski definition) is 6. The number of rotatable bonds is 15. The van der Waals surface area contributed by atoms with Gasteiger partial charge in [-0.25, -0.2) is 4.79 Å². The Morgan fingerprint density at radius 3 is 2.47 bits per heavy atom. The van der Waals surface area contributed by atoms with Crippen LogP contribution < -0.4 is 14.8 Å². The molecule has 1 aromatic rings. The van der Waals surface area contributed by atoms with E-state index in [1.54, 1.807) is 14.2 Å². The van der Waals surface area contributed by atoms with Gasteiger partial charge in [0.25, 0.3) is 0 Å². The molecule has 0 unspecified atom stereocenters. The normalized spacial score (nSPS) is 17.2. The minimum atomic E-state index is -1.10. The molecule has 1 aliphatic heterocycles.